The van der Waals surface area contributed by atoms with Crippen molar-refractivity contribution in [3.05, 3.63) is 29.8 Å². The molecule has 2 aliphatic rings. The molecule has 19 heavy (non-hydrogen) atoms. The maximum absolute atomic E-state index is 12.2. The van der Waals surface area contributed by atoms with Gasteiger partial charge in [0, 0.05) is 24.3 Å². The quantitative estimate of drug-likeness (QED) is 0.824. The lowest BCUT2D eigenvalue weighted by Gasteiger charge is -2.19. The normalized spacial score (nSPS) is 22.7. The predicted octanol–water partition coefficient (Wildman–Crippen LogP) is 1.61. The zero-order valence-corrected chi connectivity index (χ0v) is 11.4. The molecule has 0 spiro atoms. The van der Waals surface area contributed by atoms with E-state index in [0.29, 0.717) is 30.3 Å². The largest absolute Gasteiger partial charge is 0.349 e. The fraction of sp³-hybridized carbons (Fsp3) is 0.429. The second kappa shape index (κ2) is 4.89. The first-order valence-corrected chi connectivity index (χ1v) is 7.05. The van der Waals surface area contributed by atoms with Gasteiger partial charge in [0.25, 0.3) is 5.91 Å². The third kappa shape index (κ3) is 2.61. The Morgan fingerprint density at radius 2 is 2.05 bits per heavy atom. The third-order valence-electron chi connectivity index (χ3n) is 3.46. The number of hydrogen-bond donors (Lipinski definition) is 2. The van der Waals surface area contributed by atoms with Crippen LogP contribution in [0.3, 0.4) is 0 Å². The number of thiol groups is 1. The molecule has 5 heteroatoms. The summed E-state index contributed by atoms with van der Waals surface area (Å²) in [7, 11) is 0. The van der Waals surface area contributed by atoms with E-state index in [1.807, 2.05) is 18.2 Å². The zero-order valence-electron chi connectivity index (χ0n) is 10.5. The molecule has 1 saturated heterocycles. The molecule has 3 rings (SSSR count). The topological polar surface area (TPSA) is 49.4 Å². The first kappa shape index (κ1) is 12.5. The van der Waals surface area contributed by atoms with Crippen LogP contribution in [-0.4, -0.2) is 29.7 Å². The van der Waals surface area contributed by atoms with Crippen LogP contribution < -0.4 is 10.2 Å². The van der Waals surface area contributed by atoms with Crippen LogP contribution in [0.2, 0.25) is 0 Å². The lowest BCUT2D eigenvalue weighted by Crippen LogP contribution is -2.31. The van der Waals surface area contributed by atoms with Gasteiger partial charge in [-0.05, 0) is 25.0 Å². The average Bonchev–Trinajstić information content (AvgIpc) is 3.13. The summed E-state index contributed by atoms with van der Waals surface area (Å²) >= 11 is 4.35. The molecule has 0 radical (unpaired) electrons. The monoisotopic (exact) mass is 276 g/mol. The van der Waals surface area contributed by atoms with Gasteiger partial charge in [-0.2, -0.15) is 12.6 Å². The van der Waals surface area contributed by atoms with E-state index in [1.54, 1.807) is 11.0 Å². The third-order valence-corrected chi connectivity index (χ3v) is 3.80. The van der Waals surface area contributed by atoms with Crippen LogP contribution in [-0.2, 0) is 4.79 Å². The summed E-state index contributed by atoms with van der Waals surface area (Å²) < 4.78 is 0. The molecule has 1 aromatic carbocycles. The highest BCUT2D eigenvalue weighted by Crippen LogP contribution is 2.28. The van der Waals surface area contributed by atoms with Crippen molar-refractivity contribution < 1.29 is 9.59 Å². The van der Waals surface area contributed by atoms with Crippen molar-refractivity contribution in [1.29, 1.82) is 0 Å². The molecule has 2 fully saturated rings. The summed E-state index contributed by atoms with van der Waals surface area (Å²) in [5, 5.41) is 3.01. The summed E-state index contributed by atoms with van der Waals surface area (Å²) in [5.74, 6) is -0.0554. The van der Waals surface area contributed by atoms with Gasteiger partial charge in [-0.25, -0.2) is 0 Å². The van der Waals surface area contributed by atoms with E-state index in [1.165, 1.54) is 0 Å². The van der Waals surface area contributed by atoms with Crippen LogP contribution in [0.1, 0.15) is 29.6 Å². The van der Waals surface area contributed by atoms with Gasteiger partial charge >= 0.3 is 0 Å². The van der Waals surface area contributed by atoms with Gasteiger partial charge in [0.1, 0.15) is 0 Å². The number of carbonyl (C=O) groups is 2. The first-order valence-electron chi connectivity index (χ1n) is 6.53. The molecule has 4 nitrogen and oxygen atoms in total. The van der Waals surface area contributed by atoms with Crippen LogP contribution in [0.5, 0.6) is 0 Å². The number of hydrogen-bond acceptors (Lipinski definition) is 3. The van der Waals surface area contributed by atoms with Gasteiger partial charge in [-0.3, -0.25) is 9.59 Å². The van der Waals surface area contributed by atoms with E-state index in [0.717, 1.165) is 12.8 Å². The van der Waals surface area contributed by atoms with Crippen molar-refractivity contribution in [2.75, 3.05) is 11.4 Å². The summed E-state index contributed by atoms with van der Waals surface area (Å²) in [6, 6.07) is 7.58. The molecule has 1 N–H and O–H groups in total. The average molecular weight is 276 g/mol. The smallest absolute Gasteiger partial charge is 0.253 e. The van der Waals surface area contributed by atoms with E-state index in [4.69, 9.17) is 0 Å². The van der Waals surface area contributed by atoms with Gasteiger partial charge in [-0.1, -0.05) is 12.1 Å². The van der Waals surface area contributed by atoms with Gasteiger partial charge in [0.05, 0.1) is 11.3 Å². The molecular weight excluding hydrogens is 260 g/mol. The molecule has 1 unspecified atom stereocenters. The number of anilines is 1. The Hall–Kier alpha value is -1.49. The van der Waals surface area contributed by atoms with Crippen molar-refractivity contribution in [1.82, 2.24) is 5.32 Å². The predicted molar refractivity (Wildman–Crippen MR) is 76.7 cm³/mol. The highest BCUT2D eigenvalue weighted by atomic mass is 32.1. The molecule has 0 bridgehead atoms. The van der Waals surface area contributed by atoms with E-state index >= 15 is 0 Å². The van der Waals surface area contributed by atoms with Crippen molar-refractivity contribution in [3.63, 3.8) is 0 Å². The Morgan fingerprint density at radius 1 is 1.32 bits per heavy atom. The number of nitrogens with zero attached hydrogens (tertiary/aromatic N) is 1. The van der Waals surface area contributed by atoms with Crippen LogP contribution in [0.25, 0.3) is 0 Å². The molecule has 100 valence electrons. The summed E-state index contributed by atoms with van der Waals surface area (Å²) in [5.41, 5.74) is 1.27. The molecule has 1 saturated carbocycles. The molecule has 0 aromatic heterocycles. The molecule has 1 aromatic rings. The molecule has 1 atom stereocenters. The SMILES string of the molecule is O=C(NC1CC1)c1ccccc1N1CC(S)CC1=O. The maximum Gasteiger partial charge on any atom is 0.253 e. The molecule has 1 heterocycles. The van der Waals surface area contributed by atoms with Crippen molar-refractivity contribution in [2.24, 2.45) is 0 Å². The number of benzene rings is 1. The van der Waals surface area contributed by atoms with Crippen LogP contribution in [0.15, 0.2) is 24.3 Å². The van der Waals surface area contributed by atoms with E-state index in [2.05, 4.69) is 17.9 Å². The molecule has 1 aliphatic carbocycles. The van der Waals surface area contributed by atoms with Crippen LogP contribution in [0, 0.1) is 0 Å². The summed E-state index contributed by atoms with van der Waals surface area (Å²) in [4.78, 5) is 25.8. The van der Waals surface area contributed by atoms with Gasteiger partial charge < -0.3 is 10.2 Å². The fourth-order valence-electron chi connectivity index (χ4n) is 2.31. The second-order valence-electron chi connectivity index (χ2n) is 5.13. The van der Waals surface area contributed by atoms with Crippen molar-refractivity contribution >= 4 is 30.1 Å². The number of rotatable bonds is 3. The van der Waals surface area contributed by atoms with E-state index in [-0.39, 0.29) is 17.1 Å². The van der Waals surface area contributed by atoms with Crippen molar-refractivity contribution in [2.45, 2.75) is 30.6 Å². The lowest BCUT2D eigenvalue weighted by molar-refractivity contribution is -0.117. The van der Waals surface area contributed by atoms with Gasteiger partial charge in [-0.15, -0.1) is 0 Å². The summed E-state index contributed by atoms with van der Waals surface area (Å²) in [6.07, 6.45) is 2.53. The van der Waals surface area contributed by atoms with Gasteiger partial charge in [0.2, 0.25) is 5.91 Å². The lowest BCUT2D eigenvalue weighted by atomic mass is 10.1. The first-order chi connectivity index (χ1) is 9.15. The van der Waals surface area contributed by atoms with Crippen LogP contribution in [0.4, 0.5) is 5.69 Å². The highest BCUT2D eigenvalue weighted by molar-refractivity contribution is 7.81. The van der Waals surface area contributed by atoms with E-state index < -0.39 is 0 Å². The Balaban J connectivity index is 1.88. The zero-order chi connectivity index (χ0) is 13.4. The number of para-hydroxylation sites is 1. The molecule has 2 amide bonds. The van der Waals surface area contributed by atoms with E-state index in [9.17, 15) is 9.59 Å². The van der Waals surface area contributed by atoms with Gasteiger partial charge in [0.15, 0.2) is 0 Å². The Kier molecular flexibility index (Phi) is 3.22. The minimum Gasteiger partial charge on any atom is -0.349 e. The minimum atomic E-state index is -0.0893. The maximum atomic E-state index is 12.2. The molecule has 1 aliphatic heterocycles. The number of carbonyl (C=O) groups excluding carboxylic acids is 2. The Morgan fingerprint density at radius 3 is 2.68 bits per heavy atom. The minimum absolute atomic E-state index is 0.0340. The van der Waals surface area contributed by atoms with Crippen LogP contribution >= 0.6 is 12.6 Å². The van der Waals surface area contributed by atoms with Crippen molar-refractivity contribution in [3.8, 4) is 0 Å². The Labute approximate surface area is 117 Å². The molecular formula is C14H16N2O2S. The number of amides is 2. The highest BCUT2D eigenvalue weighted by Gasteiger charge is 2.31. The standard InChI is InChI=1S/C14H16N2O2S/c17-13-7-10(19)8-16(13)12-4-2-1-3-11(12)14(18)15-9-5-6-9/h1-4,9-10,19H,5-8H2,(H,15,18). The second-order valence-corrected chi connectivity index (χ2v) is 5.86. The Bertz CT molecular complexity index is 528. The fourth-order valence-corrected chi connectivity index (χ4v) is 2.63. The summed E-state index contributed by atoms with van der Waals surface area (Å²) in [6.45, 7) is 0.565. The number of nitrogens with one attached hydrogen (secondary N) is 1.